The molecule has 22 heavy (non-hydrogen) atoms. The van der Waals surface area contributed by atoms with Crippen LogP contribution in [0.1, 0.15) is 73.6 Å². The van der Waals surface area contributed by atoms with Crippen molar-refractivity contribution in [1.29, 1.82) is 0 Å². The quantitative estimate of drug-likeness (QED) is 0.620. The molecule has 0 N–H and O–H groups in total. The molecule has 3 heteroatoms. The molecule has 0 spiro atoms. The van der Waals surface area contributed by atoms with Crippen LogP contribution < -0.4 is 0 Å². The Labute approximate surface area is 138 Å². The van der Waals surface area contributed by atoms with Crippen LogP contribution in [0.4, 0.5) is 0 Å². The van der Waals surface area contributed by atoms with Crippen LogP contribution in [-0.4, -0.2) is 20.2 Å². The summed E-state index contributed by atoms with van der Waals surface area (Å²) in [6.45, 7) is 18.6. The molecule has 0 saturated heterocycles. The number of fused-ring (bicyclic) bond motifs is 1. The summed E-state index contributed by atoms with van der Waals surface area (Å²) in [6, 6.07) is 0. The van der Waals surface area contributed by atoms with E-state index >= 15 is 0 Å². The van der Waals surface area contributed by atoms with Crippen LogP contribution in [0, 0.1) is 16.7 Å². The van der Waals surface area contributed by atoms with Gasteiger partial charge in [0.25, 0.3) is 0 Å². The van der Waals surface area contributed by atoms with Crippen molar-refractivity contribution < 1.29 is 9.22 Å². The average molecular weight is 325 g/mol. The maximum atomic E-state index is 12.6. The van der Waals surface area contributed by atoms with Crippen molar-refractivity contribution >= 4 is 14.1 Å². The highest BCUT2D eigenvalue weighted by molar-refractivity contribution is 6.74. The van der Waals surface area contributed by atoms with Crippen LogP contribution >= 0.6 is 0 Å². The van der Waals surface area contributed by atoms with Gasteiger partial charge in [-0.2, -0.15) is 0 Å². The molecule has 2 nitrogen and oxygen atoms in total. The lowest BCUT2D eigenvalue weighted by Gasteiger charge is -2.56. The zero-order valence-electron chi connectivity index (χ0n) is 16.0. The van der Waals surface area contributed by atoms with Crippen LogP contribution in [-0.2, 0) is 9.22 Å². The summed E-state index contributed by atoms with van der Waals surface area (Å²) in [6.07, 6.45) is 5.36. The van der Waals surface area contributed by atoms with E-state index in [1.165, 1.54) is 0 Å². The van der Waals surface area contributed by atoms with E-state index in [1.807, 2.05) is 0 Å². The third-order valence-corrected chi connectivity index (χ3v) is 11.3. The lowest BCUT2D eigenvalue weighted by atomic mass is 9.53. The first-order valence-corrected chi connectivity index (χ1v) is 11.9. The fourth-order valence-electron chi connectivity index (χ4n) is 4.17. The van der Waals surface area contributed by atoms with Gasteiger partial charge in [0.2, 0.25) is 0 Å². The van der Waals surface area contributed by atoms with E-state index in [1.54, 1.807) is 0 Å². The Morgan fingerprint density at radius 1 is 1.14 bits per heavy atom. The average Bonchev–Trinajstić information content (AvgIpc) is 2.30. The minimum absolute atomic E-state index is 0.0559. The van der Waals surface area contributed by atoms with Crippen LogP contribution in [0.25, 0.3) is 0 Å². The van der Waals surface area contributed by atoms with Gasteiger partial charge in [-0.25, -0.2) is 0 Å². The fraction of sp³-hybridized carbons (Fsp3) is 0.947. The first-order chi connectivity index (χ1) is 9.79. The smallest absolute Gasteiger partial charge is 0.192 e. The highest BCUT2D eigenvalue weighted by Gasteiger charge is 2.55. The van der Waals surface area contributed by atoms with Gasteiger partial charge in [0, 0.05) is 17.8 Å². The Hall–Kier alpha value is -0.153. The minimum Gasteiger partial charge on any atom is -0.413 e. The lowest BCUT2D eigenvalue weighted by Crippen LogP contribution is -2.57. The van der Waals surface area contributed by atoms with Crippen molar-refractivity contribution in [3.63, 3.8) is 0 Å². The minimum atomic E-state index is -1.81. The molecule has 0 heterocycles. The molecule has 2 aliphatic carbocycles. The van der Waals surface area contributed by atoms with Crippen LogP contribution in [0.15, 0.2) is 0 Å². The topological polar surface area (TPSA) is 26.3 Å². The molecule has 3 atom stereocenters. The maximum absolute atomic E-state index is 12.6. The largest absolute Gasteiger partial charge is 0.413 e. The molecular formula is C19H36O2Si. The van der Waals surface area contributed by atoms with Crippen molar-refractivity contribution in [2.45, 2.75) is 97.9 Å². The summed E-state index contributed by atoms with van der Waals surface area (Å²) >= 11 is 0. The monoisotopic (exact) mass is 324 g/mol. The van der Waals surface area contributed by atoms with Gasteiger partial charge in [-0.3, -0.25) is 4.79 Å². The molecule has 128 valence electrons. The van der Waals surface area contributed by atoms with Crippen molar-refractivity contribution in [3.8, 4) is 0 Å². The van der Waals surface area contributed by atoms with Gasteiger partial charge in [0.1, 0.15) is 5.78 Å². The molecule has 2 aliphatic rings. The summed E-state index contributed by atoms with van der Waals surface area (Å²) in [4.78, 5) is 12.6. The highest BCUT2D eigenvalue weighted by atomic mass is 28.4. The Balaban J connectivity index is 2.33. The Kier molecular flexibility index (Phi) is 4.50. The first kappa shape index (κ1) is 18.2. The van der Waals surface area contributed by atoms with E-state index in [9.17, 15) is 4.79 Å². The summed E-state index contributed by atoms with van der Waals surface area (Å²) in [5, 5.41) is 0.221. The molecule has 0 unspecified atom stereocenters. The fourth-order valence-corrected chi connectivity index (χ4v) is 5.59. The van der Waals surface area contributed by atoms with E-state index in [-0.39, 0.29) is 27.9 Å². The zero-order chi connectivity index (χ0) is 17.0. The van der Waals surface area contributed by atoms with E-state index in [2.05, 4.69) is 54.6 Å². The maximum Gasteiger partial charge on any atom is 0.192 e. The van der Waals surface area contributed by atoms with Gasteiger partial charge in [-0.05, 0) is 49.2 Å². The molecule has 0 bridgehead atoms. The van der Waals surface area contributed by atoms with E-state index in [0.29, 0.717) is 5.78 Å². The standard InChI is InChI=1S/C19H36O2Si/c1-17(2,3)22(7,8)21-16-13-18(4,5)12-14-15(20)10-9-11-19(14,16)6/h14,16H,9-13H2,1-8H3/t14-,16-,19-/m1/s1. The molecule has 0 aromatic rings. The van der Waals surface area contributed by atoms with Gasteiger partial charge in [0.05, 0.1) is 6.10 Å². The van der Waals surface area contributed by atoms with Crippen molar-refractivity contribution in [2.24, 2.45) is 16.7 Å². The second-order valence-corrected chi connectivity index (χ2v) is 15.1. The predicted molar refractivity (Wildman–Crippen MR) is 95.5 cm³/mol. The molecule has 2 saturated carbocycles. The number of carbonyl (C=O) groups excluding carboxylic acids is 1. The number of hydrogen-bond acceptors (Lipinski definition) is 2. The van der Waals surface area contributed by atoms with Gasteiger partial charge in [0.15, 0.2) is 8.32 Å². The van der Waals surface area contributed by atoms with E-state index in [0.717, 1.165) is 32.1 Å². The van der Waals surface area contributed by atoms with Crippen LogP contribution in [0.3, 0.4) is 0 Å². The molecule has 0 radical (unpaired) electrons. The normalized spacial score (nSPS) is 36.1. The Bertz CT molecular complexity index is 447. The summed E-state index contributed by atoms with van der Waals surface area (Å²) < 4.78 is 6.89. The number of ketones is 1. The van der Waals surface area contributed by atoms with Crippen molar-refractivity contribution in [1.82, 2.24) is 0 Å². The Morgan fingerprint density at radius 3 is 2.27 bits per heavy atom. The molecule has 2 rings (SSSR count). The molecule has 0 aliphatic heterocycles. The van der Waals surface area contributed by atoms with Gasteiger partial charge >= 0.3 is 0 Å². The molecular weight excluding hydrogens is 288 g/mol. The second kappa shape index (κ2) is 5.44. The van der Waals surface area contributed by atoms with Crippen molar-refractivity contribution in [3.05, 3.63) is 0 Å². The predicted octanol–water partition coefficient (Wildman–Crippen LogP) is 5.57. The molecule has 0 aromatic heterocycles. The third kappa shape index (κ3) is 3.21. The van der Waals surface area contributed by atoms with Crippen LogP contribution in [0.5, 0.6) is 0 Å². The third-order valence-electron chi connectivity index (χ3n) is 6.80. The number of carbonyl (C=O) groups is 1. The van der Waals surface area contributed by atoms with Gasteiger partial charge < -0.3 is 4.43 Å². The number of rotatable bonds is 2. The lowest BCUT2D eigenvalue weighted by molar-refractivity contribution is -0.147. The number of Topliss-reactive ketones (excluding diaryl/α,β-unsaturated/α-hetero) is 1. The second-order valence-electron chi connectivity index (χ2n) is 10.3. The zero-order valence-corrected chi connectivity index (χ0v) is 17.0. The van der Waals surface area contributed by atoms with Gasteiger partial charge in [-0.15, -0.1) is 0 Å². The molecule has 2 fully saturated rings. The highest BCUT2D eigenvalue weighted by Crippen LogP contribution is 2.56. The summed E-state index contributed by atoms with van der Waals surface area (Å²) in [5.41, 5.74) is 0.268. The van der Waals surface area contributed by atoms with E-state index in [4.69, 9.17) is 4.43 Å². The van der Waals surface area contributed by atoms with Gasteiger partial charge in [-0.1, -0.05) is 41.5 Å². The van der Waals surface area contributed by atoms with Crippen LogP contribution in [0.2, 0.25) is 18.1 Å². The summed E-state index contributed by atoms with van der Waals surface area (Å²) in [7, 11) is -1.81. The van der Waals surface area contributed by atoms with E-state index < -0.39 is 8.32 Å². The number of hydrogen-bond donors (Lipinski definition) is 0. The molecule has 0 aromatic carbocycles. The first-order valence-electron chi connectivity index (χ1n) is 8.99. The SMILES string of the molecule is CC1(C)C[C@@H]2C(=O)CCC[C@@]2(C)[C@H](O[Si](C)(C)C(C)(C)C)C1. The summed E-state index contributed by atoms with van der Waals surface area (Å²) in [5.74, 6) is 0.699. The molecule has 0 amide bonds. The van der Waals surface area contributed by atoms with Crippen molar-refractivity contribution in [2.75, 3.05) is 0 Å². The Morgan fingerprint density at radius 2 is 1.73 bits per heavy atom.